The number of carboxylic acids is 1. The number of rotatable bonds is 28. The van der Waals surface area contributed by atoms with Gasteiger partial charge in [0.15, 0.2) is 17.1 Å². The molecule has 1 aliphatic rings. The first-order valence-corrected chi connectivity index (χ1v) is 24.5. The third-order valence-corrected chi connectivity index (χ3v) is 10.3. The fraction of sp³-hybridized carbons (Fsp3) is 0.462. The molecule has 1 saturated heterocycles. The van der Waals surface area contributed by atoms with Crippen LogP contribution in [0.4, 0.5) is 23.8 Å². The van der Waals surface area contributed by atoms with Crippen molar-refractivity contribution in [1.82, 2.24) is 44.5 Å². The fourth-order valence-corrected chi connectivity index (χ4v) is 6.25. The van der Waals surface area contributed by atoms with Crippen molar-refractivity contribution in [2.24, 2.45) is 5.73 Å². The summed E-state index contributed by atoms with van der Waals surface area (Å²) in [5.41, 5.74) is 9.72. The second-order valence-corrected chi connectivity index (χ2v) is 16.8. The van der Waals surface area contributed by atoms with Gasteiger partial charge in [0.25, 0.3) is 0 Å². The van der Waals surface area contributed by atoms with E-state index in [0.717, 1.165) is 85.5 Å². The molecular formula is C52H78N14O7. The number of carbonyl (C=O) groups is 4. The van der Waals surface area contributed by atoms with Crippen molar-refractivity contribution < 1.29 is 33.8 Å². The lowest BCUT2D eigenvalue weighted by molar-refractivity contribution is -0.131. The summed E-state index contributed by atoms with van der Waals surface area (Å²) in [5.74, 6) is 1.73. The van der Waals surface area contributed by atoms with Crippen LogP contribution in [-0.2, 0) is 28.7 Å². The van der Waals surface area contributed by atoms with E-state index in [1.807, 2.05) is 56.7 Å². The van der Waals surface area contributed by atoms with Crippen LogP contribution in [-0.4, -0.2) is 133 Å². The van der Waals surface area contributed by atoms with Crippen LogP contribution in [0.15, 0.2) is 99.0 Å². The van der Waals surface area contributed by atoms with Gasteiger partial charge in [-0.1, -0.05) is 90.0 Å². The first-order valence-electron chi connectivity index (χ1n) is 24.5. The highest BCUT2D eigenvalue weighted by Crippen LogP contribution is 2.24. The highest BCUT2D eigenvalue weighted by Gasteiger charge is 2.19. The quantitative estimate of drug-likeness (QED) is 0.0131. The summed E-state index contributed by atoms with van der Waals surface area (Å²) < 4.78 is 14.2. The molecule has 398 valence electrons. The fourth-order valence-electron chi connectivity index (χ4n) is 6.25. The number of hydrogen-bond donors (Lipinski definition) is 7. The SMILES string of the molecule is C=CC(=O)NCC(=O)C/C=C/C=C\C(=C)CNc1nc(NCCCOCC)nc2c(C(C)C)cnn12.C=CC(=O)O.C=CCC/C=C/CC(=O)CN.CNc1nc(NC2CCOCC2)nc2c(C(C)C)cnn12. The molecule has 0 aliphatic carbocycles. The summed E-state index contributed by atoms with van der Waals surface area (Å²) in [7, 11) is 1.84. The highest BCUT2D eigenvalue weighted by atomic mass is 16.5. The number of nitrogens with zero attached hydrogens (tertiary/aromatic N) is 8. The van der Waals surface area contributed by atoms with Crippen molar-refractivity contribution in [1.29, 1.82) is 0 Å². The van der Waals surface area contributed by atoms with Crippen molar-refractivity contribution in [2.75, 3.05) is 80.9 Å². The maximum atomic E-state index is 11.7. The second-order valence-electron chi connectivity index (χ2n) is 16.8. The number of fused-ring (bicyclic) bond motifs is 2. The average Bonchev–Trinajstić information content (AvgIpc) is 4.03. The molecule has 73 heavy (non-hydrogen) atoms. The van der Waals surface area contributed by atoms with Crippen molar-refractivity contribution in [3.05, 3.63) is 110 Å². The molecule has 1 fully saturated rings. The summed E-state index contributed by atoms with van der Waals surface area (Å²) in [4.78, 5) is 61.2. The zero-order valence-corrected chi connectivity index (χ0v) is 43.6. The molecule has 0 saturated carbocycles. The number of amides is 1. The van der Waals surface area contributed by atoms with Gasteiger partial charge < -0.3 is 46.9 Å². The Balaban J connectivity index is 0.000000410. The molecule has 4 aromatic rings. The number of carboxylic acid groups (broad SMARTS) is 1. The topological polar surface area (TPSA) is 279 Å². The molecule has 0 atom stereocenters. The first-order chi connectivity index (χ1) is 35.1. The Hall–Kier alpha value is -7.36. The lowest BCUT2D eigenvalue weighted by atomic mass is 10.1. The van der Waals surface area contributed by atoms with E-state index in [0.29, 0.717) is 68.5 Å². The number of nitrogens with two attached hydrogens (primary N) is 1. The van der Waals surface area contributed by atoms with Crippen LogP contribution in [0.1, 0.15) is 103 Å². The monoisotopic (exact) mass is 1010 g/mol. The normalized spacial score (nSPS) is 12.4. The highest BCUT2D eigenvalue weighted by molar-refractivity contribution is 5.91. The molecule has 0 bridgehead atoms. The van der Waals surface area contributed by atoms with E-state index in [4.69, 9.17) is 20.3 Å². The molecule has 4 aromatic heterocycles. The Bertz CT molecular complexity index is 2470. The standard InChI is InChI=1S/C26H37N7O3.C14H22N6O.C9H15NO.C3H4O2/c1-6-23(35)28-17-21(34)13-10-8-9-12-20(5)16-29-26-32-25(27-14-11-15-36-7-2)31-24-22(19(3)4)18-30-33(24)26;1-9(2)11-8-16-20-12(11)18-13(19-14(20)15-3)17-10-4-6-21-7-5-10;1-2-3-4-5-6-7-9(11)8-10;1-2-3(4)5/h6,8-10,12,18-19H,1,5,7,11,13-17H2,2-4H3,(H,28,35)(H2,27,29,31,32);8-10H,4-7H2,1-3H3,(H2,15,17,18,19);2,5-6H,1,3-4,7-8,10H2;2H,1H2,(H,4,5)/b10-8+,12-9-;;6-5+;. The Morgan fingerprint density at radius 2 is 1.45 bits per heavy atom. The smallest absolute Gasteiger partial charge is 0.327 e. The van der Waals surface area contributed by atoms with E-state index in [-0.39, 0.29) is 42.9 Å². The van der Waals surface area contributed by atoms with Crippen molar-refractivity contribution in [3.8, 4) is 0 Å². The Kier molecular flexibility index (Phi) is 30.2. The Labute approximate surface area is 429 Å². The van der Waals surface area contributed by atoms with E-state index in [1.165, 1.54) is 0 Å². The number of aromatic nitrogens is 8. The average molecular weight is 1010 g/mol. The lowest BCUT2D eigenvalue weighted by Crippen LogP contribution is -2.29. The van der Waals surface area contributed by atoms with E-state index in [9.17, 15) is 19.2 Å². The molecule has 21 nitrogen and oxygen atoms in total. The minimum Gasteiger partial charge on any atom is -0.478 e. The zero-order valence-electron chi connectivity index (χ0n) is 43.6. The molecule has 5 heterocycles. The summed E-state index contributed by atoms with van der Waals surface area (Å²) in [5, 5.41) is 32.0. The predicted molar refractivity (Wildman–Crippen MR) is 290 cm³/mol. The van der Waals surface area contributed by atoms with Gasteiger partial charge in [0.1, 0.15) is 5.78 Å². The molecule has 8 N–H and O–H groups in total. The Morgan fingerprint density at radius 1 is 0.836 bits per heavy atom. The van der Waals surface area contributed by atoms with Gasteiger partial charge in [0, 0.05) is 82.7 Å². The molecule has 0 aromatic carbocycles. The van der Waals surface area contributed by atoms with Gasteiger partial charge in [-0.2, -0.15) is 39.2 Å². The number of carbonyl (C=O) groups excluding carboxylic acids is 3. The Morgan fingerprint density at radius 3 is 2.03 bits per heavy atom. The number of aliphatic carboxylic acids is 1. The van der Waals surface area contributed by atoms with Crippen molar-refractivity contribution in [3.63, 3.8) is 0 Å². The summed E-state index contributed by atoms with van der Waals surface area (Å²) in [6.07, 6.45) is 24.0. The number of anilines is 4. The van der Waals surface area contributed by atoms with E-state index < -0.39 is 5.97 Å². The summed E-state index contributed by atoms with van der Waals surface area (Å²) in [6, 6.07) is 0.372. The largest absolute Gasteiger partial charge is 0.478 e. The molecule has 21 heteroatoms. The van der Waals surface area contributed by atoms with Crippen LogP contribution in [0.5, 0.6) is 0 Å². The van der Waals surface area contributed by atoms with Gasteiger partial charge in [-0.25, -0.2) is 4.79 Å². The number of hydrogen-bond acceptors (Lipinski definition) is 17. The van der Waals surface area contributed by atoms with Crippen LogP contribution < -0.4 is 32.3 Å². The number of unbranched alkanes of at least 4 members (excludes halogenated alkanes) is 1. The van der Waals surface area contributed by atoms with Crippen molar-refractivity contribution >= 4 is 58.5 Å². The van der Waals surface area contributed by atoms with E-state index >= 15 is 0 Å². The molecule has 0 spiro atoms. The van der Waals surface area contributed by atoms with Gasteiger partial charge in [0.05, 0.1) is 25.5 Å². The maximum Gasteiger partial charge on any atom is 0.327 e. The zero-order chi connectivity index (χ0) is 54.0. The van der Waals surface area contributed by atoms with E-state index in [1.54, 1.807) is 21.2 Å². The third kappa shape index (κ3) is 24.1. The molecule has 1 amide bonds. The van der Waals surface area contributed by atoms with E-state index in [2.05, 4.69) is 111 Å². The van der Waals surface area contributed by atoms with Crippen LogP contribution in [0.25, 0.3) is 11.3 Å². The molecule has 0 unspecified atom stereocenters. The van der Waals surface area contributed by atoms with Gasteiger partial charge >= 0.3 is 5.97 Å². The number of ketones is 2. The molecule has 5 rings (SSSR count). The molecule has 0 radical (unpaired) electrons. The van der Waals surface area contributed by atoms with Gasteiger partial charge in [0.2, 0.25) is 29.7 Å². The van der Waals surface area contributed by atoms with Crippen LogP contribution in [0.2, 0.25) is 0 Å². The predicted octanol–water partition coefficient (Wildman–Crippen LogP) is 6.99. The summed E-state index contributed by atoms with van der Waals surface area (Å²) >= 11 is 0. The third-order valence-electron chi connectivity index (χ3n) is 10.3. The number of nitrogens with one attached hydrogen (secondary N) is 5. The second kappa shape index (κ2) is 35.7. The minimum absolute atomic E-state index is 0.0156. The van der Waals surface area contributed by atoms with Gasteiger partial charge in [-0.3, -0.25) is 14.4 Å². The summed E-state index contributed by atoms with van der Waals surface area (Å²) in [6.45, 7) is 28.7. The number of allylic oxidation sites excluding steroid dienone is 6. The van der Waals surface area contributed by atoms with Gasteiger partial charge in [-0.05, 0) is 62.5 Å². The van der Waals surface area contributed by atoms with Gasteiger partial charge in [-0.15, -0.1) is 6.58 Å². The first kappa shape index (κ1) is 61.8. The number of ether oxygens (including phenoxy) is 2. The molecular weight excluding hydrogens is 933 g/mol. The maximum absolute atomic E-state index is 11.7. The van der Waals surface area contributed by atoms with Crippen LogP contribution in [0.3, 0.4) is 0 Å². The molecule has 1 aliphatic heterocycles. The number of Topliss-reactive ketones (excluding diaryl/α,β-unsaturated/α-hetero) is 2. The minimum atomic E-state index is -0.981. The lowest BCUT2D eigenvalue weighted by Gasteiger charge is -2.23. The van der Waals surface area contributed by atoms with Crippen LogP contribution >= 0.6 is 0 Å². The van der Waals surface area contributed by atoms with Crippen molar-refractivity contribution in [2.45, 2.75) is 97.4 Å². The van der Waals surface area contributed by atoms with Crippen LogP contribution in [0, 0.1) is 0 Å².